The van der Waals surface area contributed by atoms with E-state index in [4.69, 9.17) is 19.9 Å². The summed E-state index contributed by atoms with van der Waals surface area (Å²) >= 11 is 0. The molecule has 0 spiro atoms. The van der Waals surface area contributed by atoms with Gasteiger partial charge in [-0.05, 0) is 101 Å². The monoisotopic (exact) mass is 1220 g/mol. The van der Waals surface area contributed by atoms with Crippen molar-refractivity contribution in [3.63, 3.8) is 0 Å². The van der Waals surface area contributed by atoms with Crippen LogP contribution in [0.5, 0.6) is 0 Å². The summed E-state index contributed by atoms with van der Waals surface area (Å²) in [6.45, 7) is 18.2. The lowest BCUT2D eigenvalue weighted by atomic mass is 9.88. The minimum Gasteiger partial charge on any atom is -0.386 e. The number of amides is 7. The van der Waals surface area contributed by atoms with Gasteiger partial charge in [0.1, 0.15) is 5.78 Å². The maximum atomic E-state index is 14.3. The molecule has 87 heavy (non-hydrogen) atoms. The number of hydrogen-bond donors (Lipinski definition) is 5. The van der Waals surface area contributed by atoms with E-state index in [1.165, 1.54) is 31.3 Å². The van der Waals surface area contributed by atoms with Crippen molar-refractivity contribution in [2.75, 3.05) is 67.8 Å². The quantitative estimate of drug-likeness (QED) is 0.0218. The number of hydrogen-bond acceptors (Lipinski definition) is 15. The van der Waals surface area contributed by atoms with Gasteiger partial charge in [0.25, 0.3) is 11.8 Å². The number of allylic oxidation sites excluding steroid dienone is 3. The van der Waals surface area contributed by atoms with Gasteiger partial charge < -0.3 is 50.8 Å². The van der Waals surface area contributed by atoms with Crippen molar-refractivity contribution in [1.29, 1.82) is 0 Å². The third-order valence-corrected chi connectivity index (χ3v) is 17.1. The predicted octanol–water partition coefficient (Wildman–Crippen LogP) is 5.98. The predicted molar refractivity (Wildman–Crippen MR) is 335 cm³/mol. The zero-order valence-corrected chi connectivity index (χ0v) is 54.4. The molecular weight excluding hydrogens is 1110 g/mol. The van der Waals surface area contributed by atoms with Crippen molar-refractivity contribution in [2.45, 2.75) is 194 Å². The molecule has 0 radical (unpaired) electrons. The lowest BCUT2D eigenvalue weighted by Gasteiger charge is -2.39. The summed E-state index contributed by atoms with van der Waals surface area (Å²) in [5.41, 5.74) is 7.26. The molecule has 0 aromatic heterocycles. The van der Waals surface area contributed by atoms with E-state index in [0.29, 0.717) is 83.2 Å². The summed E-state index contributed by atoms with van der Waals surface area (Å²) < 4.78 is 18.0. The second-order valence-electron chi connectivity index (χ2n) is 24.3. The molecule has 6 N–H and O–H groups in total. The van der Waals surface area contributed by atoms with Gasteiger partial charge in [0, 0.05) is 71.7 Å². The summed E-state index contributed by atoms with van der Waals surface area (Å²) in [6, 6.07) is 6.20. The summed E-state index contributed by atoms with van der Waals surface area (Å²) in [4.78, 5) is 126. The van der Waals surface area contributed by atoms with Crippen LogP contribution < -0.4 is 21.7 Å². The van der Waals surface area contributed by atoms with Crippen LogP contribution in [0.2, 0.25) is 0 Å². The number of nitrogens with zero attached hydrogens (tertiary/aromatic N) is 4. The number of aliphatic hydroxyl groups excluding tert-OH is 1. The Morgan fingerprint density at radius 3 is 2.13 bits per heavy atom. The zero-order valence-electron chi connectivity index (χ0n) is 54.4. The Morgan fingerprint density at radius 1 is 0.851 bits per heavy atom. The Labute approximate surface area is 518 Å². The molecule has 1 aromatic carbocycles. The van der Waals surface area contributed by atoms with Crippen molar-refractivity contribution in [1.82, 2.24) is 35.6 Å². The average Bonchev–Trinajstić information content (AvgIpc) is 4.35. The van der Waals surface area contributed by atoms with Crippen LogP contribution in [0.1, 0.15) is 157 Å². The number of carbonyl (C=O) groups is 9. The molecule has 11 atom stereocenters. The van der Waals surface area contributed by atoms with Gasteiger partial charge in [0.05, 0.1) is 80.7 Å². The molecule has 1 saturated heterocycles. The number of likely N-dealkylation sites (N-methyl/N-ethyl adjacent to an activating group) is 2. The van der Waals surface area contributed by atoms with E-state index in [-0.39, 0.29) is 110 Å². The summed E-state index contributed by atoms with van der Waals surface area (Å²) in [7, 11) is 6.50. The molecular formula is C66H106N8O13. The van der Waals surface area contributed by atoms with Gasteiger partial charge in [-0.25, -0.2) is 0 Å². The lowest BCUT2D eigenvalue weighted by molar-refractivity contribution is -0.146. The van der Waals surface area contributed by atoms with Crippen LogP contribution in [-0.2, 0) is 57.4 Å². The first-order chi connectivity index (χ1) is 41.4. The van der Waals surface area contributed by atoms with Crippen LogP contribution >= 0.6 is 0 Å². The Balaban J connectivity index is 1.52. The number of rotatable bonds is 42. The highest BCUT2D eigenvalue weighted by molar-refractivity contribution is 6.12. The Kier molecular flexibility index (Phi) is 33.9. The van der Waals surface area contributed by atoms with E-state index in [9.17, 15) is 48.3 Å². The molecule has 2 unspecified atom stereocenters. The molecule has 2 heterocycles. The number of benzene rings is 1. The van der Waals surface area contributed by atoms with Crippen molar-refractivity contribution in [3.05, 3.63) is 71.8 Å². The lowest BCUT2D eigenvalue weighted by Crippen LogP contribution is -2.55. The molecule has 2 aliphatic heterocycles. The van der Waals surface area contributed by atoms with Gasteiger partial charge in [-0.15, -0.1) is 0 Å². The summed E-state index contributed by atoms with van der Waals surface area (Å²) in [5.74, 6) is -4.11. The fourth-order valence-corrected chi connectivity index (χ4v) is 11.7. The van der Waals surface area contributed by atoms with Crippen molar-refractivity contribution < 1.29 is 62.5 Å². The van der Waals surface area contributed by atoms with E-state index >= 15 is 0 Å². The maximum absolute atomic E-state index is 14.3. The number of ketones is 2. The highest BCUT2D eigenvalue weighted by atomic mass is 16.5. The van der Waals surface area contributed by atoms with Gasteiger partial charge in [-0.2, -0.15) is 0 Å². The molecule has 488 valence electrons. The number of methoxy groups -OCH3 is 2. The molecule has 21 heteroatoms. The topological polar surface area (TPSA) is 277 Å². The fourth-order valence-electron chi connectivity index (χ4n) is 11.7. The SMILES string of the molecule is C/C=C(\C=C/CCOCN(C)[C@H](C(=O)NCC(=O)N(C)C(C(CC(=O)N1CCC[C@H]1[C@H](OC)[C@@H](C)C(=O)N[C@H](C)[C@@H](O)c1ccccc1)OC)[C@@H](C)CC)C(C)C)CC(=O)[C@H](CCCN)NC(=O)[C@@H](CC(=O)CCCCCN1C(=O)C=CC1=O)C(C)C. The number of Topliss-reactive ketones (excluding diaryl/α,β-unsaturated/α-hetero) is 2. The Hall–Kier alpha value is -5.97. The van der Waals surface area contributed by atoms with Crippen LogP contribution in [-0.4, -0.2) is 188 Å². The normalized spacial score (nSPS) is 18.1. The van der Waals surface area contributed by atoms with E-state index in [1.807, 2.05) is 84.9 Å². The van der Waals surface area contributed by atoms with Crippen LogP contribution in [0.3, 0.4) is 0 Å². The summed E-state index contributed by atoms with van der Waals surface area (Å²) in [6.07, 6.45) is 11.4. The molecule has 1 fully saturated rings. The molecule has 2 aliphatic rings. The van der Waals surface area contributed by atoms with Gasteiger partial charge >= 0.3 is 0 Å². The number of nitrogens with one attached hydrogen (secondary N) is 3. The molecule has 0 saturated carbocycles. The average molecular weight is 1220 g/mol. The number of nitrogens with two attached hydrogens (primary N) is 1. The highest BCUT2D eigenvalue weighted by Crippen LogP contribution is 2.30. The van der Waals surface area contributed by atoms with Gasteiger partial charge in [-0.1, -0.05) is 110 Å². The van der Waals surface area contributed by atoms with Gasteiger partial charge in [0.2, 0.25) is 29.5 Å². The molecule has 0 bridgehead atoms. The number of carbonyl (C=O) groups excluding carboxylic acids is 9. The molecule has 0 aliphatic carbocycles. The number of ether oxygens (including phenoxy) is 3. The molecule has 21 nitrogen and oxygen atoms in total. The first-order valence-electron chi connectivity index (χ1n) is 31.5. The third-order valence-electron chi connectivity index (χ3n) is 17.1. The smallest absolute Gasteiger partial charge is 0.253 e. The Bertz CT molecular complexity index is 2450. The van der Waals surface area contributed by atoms with Crippen molar-refractivity contribution >= 4 is 52.9 Å². The largest absolute Gasteiger partial charge is 0.386 e. The van der Waals surface area contributed by atoms with Crippen molar-refractivity contribution in [3.8, 4) is 0 Å². The second-order valence-corrected chi connectivity index (χ2v) is 24.3. The minimum absolute atomic E-state index is 0.0288. The first-order valence-corrected chi connectivity index (χ1v) is 31.5. The highest BCUT2D eigenvalue weighted by Gasteiger charge is 2.43. The standard InChI is InChI=1S/C66H106N8O13/c1-14-45(7)61(55(85-12)40-58(79)73-36-25-31-53(73)63(86-13)46(8)64(82)69-47(9)62(81)49-27-18-16-19-28-49)72(11)59(80)41-68-66(84)60(44(5)6)71(10)42-87-37-23-21-26-48(15-2)38-54(76)52(30-24-34-67)70-65(83)51(43(3)4)39-50(75)29-20-17-22-35-74-56(77)32-33-57(74)78/h15-16,18-19,21,26-28,32-33,43-47,51-53,55,60-63,81H,14,17,20,22-25,29-31,34-42,67H2,1-13H3,(H,68,84)(H,69,82)(H,70,83)/b26-21-,48-15+/t45-,46+,47+,51-,52-,53-,55?,60-,61?,62+,63+/m0/s1. The molecule has 1 aromatic rings. The minimum atomic E-state index is -0.913. The maximum Gasteiger partial charge on any atom is 0.253 e. The van der Waals surface area contributed by atoms with Gasteiger partial charge in [-0.3, -0.25) is 53.0 Å². The third kappa shape index (κ3) is 23.8. The first kappa shape index (κ1) is 75.3. The Morgan fingerprint density at radius 2 is 1.53 bits per heavy atom. The zero-order chi connectivity index (χ0) is 64.9. The summed E-state index contributed by atoms with van der Waals surface area (Å²) in [5, 5.41) is 19.7. The molecule has 3 rings (SSSR count). The number of aliphatic hydroxyl groups is 1. The van der Waals surface area contributed by atoms with Crippen molar-refractivity contribution in [2.24, 2.45) is 35.3 Å². The van der Waals surface area contributed by atoms with Crippen LogP contribution in [0.25, 0.3) is 0 Å². The van der Waals surface area contributed by atoms with Crippen LogP contribution in [0, 0.1) is 29.6 Å². The van der Waals surface area contributed by atoms with E-state index in [1.54, 1.807) is 54.8 Å². The molecule has 7 amide bonds. The van der Waals surface area contributed by atoms with Gasteiger partial charge in [0.15, 0.2) is 5.78 Å². The number of unbranched alkanes of at least 4 members (excludes halogenated alkanes) is 2. The fraction of sp³-hybridized carbons (Fsp3) is 0.682. The van der Waals surface area contributed by atoms with Crippen LogP contribution in [0.15, 0.2) is 66.3 Å². The van der Waals surface area contributed by atoms with Crippen LogP contribution in [0.4, 0.5) is 0 Å². The number of likely N-dealkylation sites (tertiary alicyclic amines) is 1. The van der Waals surface area contributed by atoms with E-state index in [0.717, 1.165) is 12.0 Å². The van der Waals surface area contributed by atoms with E-state index in [2.05, 4.69) is 16.0 Å². The van der Waals surface area contributed by atoms with E-state index < -0.39 is 60.4 Å². The second kappa shape index (κ2) is 39.1. The number of imide groups is 1.